The summed E-state index contributed by atoms with van der Waals surface area (Å²) in [5, 5.41) is 0. The van der Waals surface area contributed by atoms with Gasteiger partial charge in [-0.25, -0.2) is 0 Å². The fourth-order valence-electron chi connectivity index (χ4n) is 5.11. The molecule has 1 aliphatic rings. The van der Waals surface area contributed by atoms with Gasteiger partial charge in [-0.2, -0.15) is 0 Å². The third kappa shape index (κ3) is 24.8. The van der Waals surface area contributed by atoms with Crippen LogP contribution in [-0.4, -0.2) is 12.2 Å². The minimum atomic E-state index is 0.266. The van der Waals surface area contributed by atoms with Gasteiger partial charge in [0.2, 0.25) is 0 Å². The van der Waals surface area contributed by atoms with Crippen LogP contribution < -0.4 is 0 Å². The Labute approximate surface area is 246 Å². The number of unbranched alkanes of at least 4 members (excludes halogenated alkanes) is 16. The molecule has 0 aromatic heterocycles. The van der Waals surface area contributed by atoms with E-state index < -0.39 is 0 Å². The lowest BCUT2D eigenvalue weighted by molar-refractivity contribution is 0.133. The van der Waals surface area contributed by atoms with Crippen molar-refractivity contribution in [3.63, 3.8) is 0 Å². The molecular formula is C36H65O2P. The molecule has 39 heavy (non-hydrogen) atoms. The molecule has 0 spiro atoms. The van der Waals surface area contributed by atoms with Crippen LogP contribution >= 0.6 is 9.03 Å². The molecule has 2 atom stereocenters. The van der Waals surface area contributed by atoms with Crippen LogP contribution in [0.4, 0.5) is 0 Å². The average molecular weight is 561 g/mol. The normalized spacial score (nSPS) is 18.8. The maximum atomic E-state index is 5.94. The second kappa shape index (κ2) is 30.3. The first kappa shape index (κ1) is 36.3. The van der Waals surface area contributed by atoms with Gasteiger partial charge in [-0.05, 0) is 77.0 Å². The Morgan fingerprint density at radius 3 is 1.13 bits per heavy atom. The van der Waals surface area contributed by atoms with Crippen molar-refractivity contribution in [1.29, 1.82) is 0 Å². The minimum Gasteiger partial charge on any atom is -0.330 e. The van der Waals surface area contributed by atoms with Gasteiger partial charge in [0, 0.05) is 0 Å². The molecule has 1 heterocycles. The zero-order valence-corrected chi connectivity index (χ0v) is 27.1. The summed E-state index contributed by atoms with van der Waals surface area (Å²) in [6.07, 6.45) is 50.4. The first-order chi connectivity index (χ1) is 19.4. The molecule has 2 nitrogen and oxygen atoms in total. The van der Waals surface area contributed by atoms with Crippen LogP contribution in [0.1, 0.15) is 168 Å². The van der Waals surface area contributed by atoms with Crippen molar-refractivity contribution in [3.8, 4) is 0 Å². The number of hydrogen-bond donors (Lipinski definition) is 0. The van der Waals surface area contributed by atoms with Crippen molar-refractivity contribution in [2.45, 2.75) is 180 Å². The van der Waals surface area contributed by atoms with Crippen molar-refractivity contribution < 1.29 is 9.05 Å². The summed E-state index contributed by atoms with van der Waals surface area (Å²) in [6, 6.07) is 0. The predicted molar refractivity (Wildman–Crippen MR) is 177 cm³/mol. The van der Waals surface area contributed by atoms with E-state index in [0.29, 0.717) is 12.2 Å². The Morgan fingerprint density at radius 1 is 0.410 bits per heavy atom. The second-order valence-electron chi connectivity index (χ2n) is 11.4. The van der Waals surface area contributed by atoms with Crippen LogP contribution in [0.3, 0.4) is 0 Å². The zero-order valence-electron chi connectivity index (χ0n) is 26.1. The minimum absolute atomic E-state index is 0.266. The van der Waals surface area contributed by atoms with Gasteiger partial charge in [0.1, 0.15) is 0 Å². The fraction of sp³-hybridized carbons (Fsp3) is 0.778. The topological polar surface area (TPSA) is 18.5 Å². The number of rotatable bonds is 28. The van der Waals surface area contributed by atoms with E-state index in [1.165, 1.54) is 141 Å². The lowest BCUT2D eigenvalue weighted by atomic mass is 9.99. The molecule has 0 radical (unpaired) electrons. The van der Waals surface area contributed by atoms with E-state index in [-0.39, 0.29) is 9.03 Å². The van der Waals surface area contributed by atoms with Crippen molar-refractivity contribution in [2.24, 2.45) is 0 Å². The van der Waals surface area contributed by atoms with E-state index >= 15 is 0 Å². The molecule has 1 saturated heterocycles. The molecule has 0 bridgehead atoms. The van der Waals surface area contributed by atoms with Crippen LogP contribution in [-0.2, 0) is 9.05 Å². The Hall–Kier alpha value is -0.690. The molecule has 1 aliphatic heterocycles. The predicted octanol–water partition coefficient (Wildman–Crippen LogP) is 12.9. The van der Waals surface area contributed by atoms with Crippen molar-refractivity contribution in [1.82, 2.24) is 0 Å². The van der Waals surface area contributed by atoms with E-state index in [1.807, 2.05) is 0 Å². The van der Waals surface area contributed by atoms with E-state index in [1.54, 1.807) is 0 Å². The van der Waals surface area contributed by atoms with E-state index in [9.17, 15) is 0 Å². The standard InChI is InChI=1S/C36H65O2P/c1-3-5-7-9-11-13-15-17-19-21-23-25-27-29-31-33-35-36(38-39-37-35)34-32-30-28-26-24-22-20-18-16-14-12-10-8-6-4-2/h11-14,17-20,35-36,39H,3-10,15-16,21-34H2,1-2H3/b13-11-,14-12-,19-17-,20-18-. The number of allylic oxidation sites excluding steroid dienone is 8. The highest BCUT2D eigenvalue weighted by Crippen LogP contribution is 2.36. The summed E-state index contributed by atoms with van der Waals surface area (Å²) in [5.41, 5.74) is 0. The Kier molecular flexibility index (Phi) is 28.2. The monoisotopic (exact) mass is 560 g/mol. The average Bonchev–Trinajstić information content (AvgIpc) is 3.40. The molecule has 226 valence electrons. The van der Waals surface area contributed by atoms with Gasteiger partial charge in [0.05, 0.1) is 12.2 Å². The molecule has 0 N–H and O–H groups in total. The summed E-state index contributed by atoms with van der Waals surface area (Å²) < 4.78 is 11.9. The van der Waals surface area contributed by atoms with Gasteiger partial charge in [0.25, 0.3) is 0 Å². The highest BCUT2D eigenvalue weighted by Gasteiger charge is 2.28. The molecule has 3 heteroatoms. The van der Waals surface area contributed by atoms with Crippen LogP contribution in [0.25, 0.3) is 0 Å². The van der Waals surface area contributed by atoms with E-state index in [2.05, 4.69) is 62.5 Å². The third-order valence-electron chi connectivity index (χ3n) is 7.69. The molecule has 0 aliphatic carbocycles. The molecule has 0 saturated carbocycles. The van der Waals surface area contributed by atoms with Crippen molar-refractivity contribution in [3.05, 3.63) is 48.6 Å². The van der Waals surface area contributed by atoms with Gasteiger partial charge in [-0.15, -0.1) is 0 Å². The maximum Gasteiger partial charge on any atom is 0.155 e. The van der Waals surface area contributed by atoms with Crippen LogP contribution in [0.2, 0.25) is 0 Å². The summed E-state index contributed by atoms with van der Waals surface area (Å²) in [4.78, 5) is 0. The zero-order chi connectivity index (χ0) is 27.9. The Morgan fingerprint density at radius 2 is 0.744 bits per heavy atom. The van der Waals surface area contributed by atoms with Crippen LogP contribution in [0.5, 0.6) is 0 Å². The molecule has 0 amide bonds. The number of hydrogen-bond acceptors (Lipinski definition) is 2. The lowest BCUT2D eigenvalue weighted by Gasteiger charge is -2.16. The van der Waals surface area contributed by atoms with Gasteiger partial charge in [0.15, 0.2) is 9.03 Å². The van der Waals surface area contributed by atoms with Gasteiger partial charge >= 0.3 is 0 Å². The first-order valence-corrected chi connectivity index (χ1v) is 17.9. The van der Waals surface area contributed by atoms with Crippen molar-refractivity contribution >= 4 is 9.03 Å². The van der Waals surface area contributed by atoms with Crippen LogP contribution in [0.15, 0.2) is 48.6 Å². The smallest absolute Gasteiger partial charge is 0.155 e. The molecule has 1 rings (SSSR count). The van der Waals surface area contributed by atoms with Crippen LogP contribution in [0, 0.1) is 0 Å². The maximum absolute atomic E-state index is 5.94. The summed E-state index contributed by atoms with van der Waals surface area (Å²) >= 11 is 0. The fourth-order valence-corrected chi connectivity index (χ4v) is 5.95. The first-order valence-electron chi connectivity index (χ1n) is 17.0. The second-order valence-corrected chi connectivity index (χ2v) is 12.1. The summed E-state index contributed by atoms with van der Waals surface area (Å²) in [5.74, 6) is 0. The molecule has 0 aromatic carbocycles. The molecular weight excluding hydrogens is 495 g/mol. The SMILES string of the molecule is CCCCC/C=C\C/C=C\CCCCCCCC1OPOC1CCCCCCC/C=C\C/C=C\CCCCC. The van der Waals surface area contributed by atoms with E-state index in [0.717, 1.165) is 12.8 Å². The summed E-state index contributed by atoms with van der Waals surface area (Å²) in [7, 11) is 0.266. The van der Waals surface area contributed by atoms with Crippen molar-refractivity contribution in [2.75, 3.05) is 0 Å². The largest absolute Gasteiger partial charge is 0.330 e. The molecule has 0 aromatic rings. The Bertz CT molecular complexity index is 557. The highest BCUT2D eigenvalue weighted by atomic mass is 31.1. The van der Waals surface area contributed by atoms with Gasteiger partial charge < -0.3 is 9.05 Å². The highest BCUT2D eigenvalue weighted by molar-refractivity contribution is 7.26. The Balaban J connectivity index is 1.89. The van der Waals surface area contributed by atoms with Gasteiger partial charge in [-0.1, -0.05) is 140 Å². The van der Waals surface area contributed by atoms with E-state index in [4.69, 9.17) is 9.05 Å². The molecule has 1 fully saturated rings. The van der Waals surface area contributed by atoms with Gasteiger partial charge in [-0.3, -0.25) is 0 Å². The quantitative estimate of drug-likeness (QED) is 0.0538. The lowest BCUT2D eigenvalue weighted by Crippen LogP contribution is -2.22. The third-order valence-corrected chi connectivity index (χ3v) is 8.49. The summed E-state index contributed by atoms with van der Waals surface area (Å²) in [6.45, 7) is 4.53. The molecule has 2 unspecified atom stereocenters.